The molecule has 0 heterocycles. The number of carbonyl (C=O) groups excluding carboxylic acids is 1. The van der Waals surface area contributed by atoms with E-state index in [1.165, 1.54) is 12.1 Å². The Balaban J connectivity index is 3.16. The highest BCUT2D eigenvalue weighted by atomic mass is 19.1. The van der Waals surface area contributed by atoms with E-state index in [0.717, 1.165) is 6.07 Å². The largest absolute Gasteiger partial charge is 0.504 e. The summed E-state index contributed by atoms with van der Waals surface area (Å²) in [6.45, 7) is 0. The summed E-state index contributed by atoms with van der Waals surface area (Å²) < 4.78 is 12.6. The van der Waals surface area contributed by atoms with Crippen LogP contribution in [0.1, 0.15) is 5.56 Å². The molecule has 0 aliphatic carbocycles. The van der Waals surface area contributed by atoms with Crippen molar-refractivity contribution >= 4 is 6.29 Å². The van der Waals surface area contributed by atoms with Gasteiger partial charge in [0.25, 0.3) is 0 Å². The number of halogens is 1. The first kappa shape index (κ1) is 8.28. The molecule has 0 spiro atoms. The van der Waals surface area contributed by atoms with E-state index in [0.29, 0.717) is 6.29 Å². The van der Waals surface area contributed by atoms with E-state index in [-0.39, 0.29) is 5.56 Å². The normalized spacial score (nSPS) is 8.42. The maximum Gasteiger partial charge on any atom is 0.193 e. The van der Waals surface area contributed by atoms with Crippen molar-refractivity contribution in [1.29, 1.82) is 0 Å². The SMILES string of the molecule is O=CC#Cc1cccc(F)c1O. The van der Waals surface area contributed by atoms with E-state index in [9.17, 15) is 9.18 Å². The van der Waals surface area contributed by atoms with Crippen LogP contribution in [0.15, 0.2) is 18.2 Å². The number of phenolic OH excluding ortho intramolecular Hbond substituents is 1. The zero-order valence-corrected chi connectivity index (χ0v) is 6.04. The molecule has 0 unspecified atom stereocenters. The summed E-state index contributed by atoms with van der Waals surface area (Å²) in [7, 11) is 0. The van der Waals surface area contributed by atoms with Crippen LogP contribution in [0.5, 0.6) is 5.75 Å². The average Bonchev–Trinajstić information content (AvgIpc) is 2.08. The summed E-state index contributed by atoms with van der Waals surface area (Å²) in [5, 5.41) is 9.03. The van der Waals surface area contributed by atoms with Gasteiger partial charge in [0.05, 0.1) is 5.56 Å². The topological polar surface area (TPSA) is 37.3 Å². The van der Waals surface area contributed by atoms with Crippen LogP contribution in [-0.4, -0.2) is 11.4 Å². The number of hydrogen-bond donors (Lipinski definition) is 1. The number of phenols is 1. The minimum Gasteiger partial charge on any atom is -0.504 e. The van der Waals surface area contributed by atoms with Crippen LogP contribution in [-0.2, 0) is 4.79 Å². The van der Waals surface area contributed by atoms with Crippen molar-refractivity contribution in [2.75, 3.05) is 0 Å². The Kier molecular flexibility index (Phi) is 2.44. The Morgan fingerprint density at radius 1 is 1.50 bits per heavy atom. The van der Waals surface area contributed by atoms with Crippen molar-refractivity contribution in [3.63, 3.8) is 0 Å². The second kappa shape index (κ2) is 3.54. The minimum atomic E-state index is -0.743. The van der Waals surface area contributed by atoms with Crippen molar-refractivity contribution in [3.8, 4) is 17.6 Å². The Bertz CT molecular complexity index is 361. The van der Waals surface area contributed by atoms with Crippen LogP contribution in [0, 0.1) is 17.7 Å². The molecule has 0 atom stereocenters. The third kappa shape index (κ3) is 1.61. The fourth-order valence-electron chi connectivity index (χ4n) is 0.723. The summed E-state index contributed by atoms with van der Waals surface area (Å²) in [5.41, 5.74) is 0.113. The Morgan fingerprint density at radius 2 is 2.25 bits per heavy atom. The number of rotatable bonds is 0. The molecule has 1 aromatic carbocycles. The average molecular weight is 164 g/mol. The van der Waals surface area contributed by atoms with Crippen LogP contribution in [0.4, 0.5) is 4.39 Å². The molecule has 0 aliphatic heterocycles. The van der Waals surface area contributed by atoms with E-state index >= 15 is 0 Å². The molecular weight excluding hydrogens is 159 g/mol. The molecule has 12 heavy (non-hydrogen) atoms. The van der Waals surface area contributed by atoms with Crippen molar-refractivity contribution in [2.45, 2.75) is 0 Å². The zero-order chi connectivity index (χ0) is 8.97. The molecule has 60 valence electrons. The predicted molar refractivity (Wildman–Crippen MR) is 41.0 cm³/mol. The summed E-state index contributed by atoms with van der Waals surface area (Å²) >= 11 is 0. The van der Waals surface area contributed by atoms with Gasteiger partial charge in [-0.2, -0.15) is 0 Å². The molecule has 0 saturated carbocycles. The molecule has 0 amide bonds. The summed E-state index contributed by atoms with van der Waals surface area (Å²) in [6.07, 6.45) is 0.379. The van der Waals surface area contributed by atoms with Crippen LogP contribution < -0.4 is 0 Å². The van der Waals surface area contributed by atoms with Crippen LogP contribution in [0.25, 0.3) is 0 Å². The lowest BCUT2D eigenvalue weighted by Crippen LogP contribution is -1.80. The van der Waals surface area contributed by atoms with Crippen molar-refractivity contribution in [2.24, 2.45) is 0 Å². The fraction of sp³-hybridized carbons (Fsp3) is 0. The molecule has 0 bridgehead atoms. The lowest BCUT2D eigenvalue weighted by atomic mass is 10.2. The maximum atomic E-state index is 12.6. The Hall–Kier alpha value is -1.82. The van der Waals surface area contributed by atoms with E-state index in [4.69, 9.17) is 5.11 Å². The van der Waals surface area contributed by atoms with Crippen LogP contribution >= 0.6 is 0 Å². The molecule has 0 radical (unpaired) electrons. The lowest BCUT2D eigenvalue weighted by Gasteiger charge is -1.95. The van der Waals surface area contributed by atoms with Crippen molar-refractivity contribution in [3.05, 3.63) is 29.6 Å². The van der Waals surface area contributed by atoms with E-state index in [2.05, 4.69) is 11.8 Å². The predicted octanol–water partition coefficient (Wildman–Crippen LogP) is 1.08. The maximum absolute atomic E-state index is 12.6. The van der Waals surface area contributed by atoms with Crippen molar-refractivity contribution in [1.82, 2.24) is 0 Å². The molecule has 0 aromatic heterocycles. The number of carbonyl (C=O) groups is 1. The second-order valence-corrected chi connectivity index (χ2v) is 2.02. The van der Waals surface area contributed by atoms with Gasteiger partial charge < -0.3 is 5.11 Å². The number of benzene rings is 1. The van der Waals surface area contributed by atoms with Gasteiger partial charge >= 0.3 is 0 Å². The molecule has 1 rings (SSSR count). The first-order valence-corrected chi connectivity index (χ1v) is 3.18. The minimum absolute atomic E-state index is 0.113. The van der Waals surface area contributed by atoms with E-state index in [1.807, 2.05) is 0 Å². The zero-order valence-electron chi connectivity index (χ0n) is 6.04. The lowest BCUT2D eigenvalue weighted by molar-refractivity contribution is -0.103. The number of hydrogen-bond acceptors (Lipinski definition) is 2. The van der Waals surface area contributed by atoms with Gasteiger partial charge in [0.15, 0.2) is 17.9 Å². The molecular formula is C9H5FO2. The molecule has 1 aromatic rings. The highest BCUT2D eigenvalue weighted by molar-refractivity contribution is 5.74. The molecule has 1 N–H and O–H groups in total. The second-order valence-electron chi connectivity index (χ2n) is 2.02. The van der Waals surface area contributed by atoms with Crippen LogP contribution in [0.3, 0.4) is 0 Å². The standard InChI is InChI=1S/C9H5FO2/c10-8-5-1-3-7(9(8)12)4-2-6-11/h1,3,5-6,12H. The van der Waals surface area contributed by atoms with Gasteiger partial charge in [-0.05, 0) is 18.1 Å². The van der Waals surface area contributed by atoms with Gasteiger partial charge in [-0.15, -0.1) is 0 Å². The third-order valence-electron chi connectivity index (χ3n) is 1.25. The highest BCUT2D eigenvalue weighted by Gasteiger charge is 2.02. The quantitative estimate of drug-likeness (QED) is 0.460. The molecule has 2 nitrogen and oxygen atoms in total. The fourth-order valence-corrected chi connectivity index (χ4v) is 0.723. The molecule has 0 saturated heterocycles. The monoisotopic (exact) mass is 164 g/mol. The Labute approximate surface area is 68.6 Å². The molecule has 0 aliphatic rings. The first-order chi connectivity index (χ1) is 5.75. The first-order valence-electron chi connectivity index (χ1n) is 3.18. The summed E-state index contributed by atoms with van der Waals surface area (Å²) in [5.74, 6) is 3.11. The third-order valence-corrected chi connectivity index (χ3v) is 1.25. The van der Waals surface area contributed by atoms with E-state index < -0.39 is 11.6 Å². The van der Waals surface area contributed by atoms with Gasteiger partial charge in [0.1, 0.15) is 0 Å². The van der Waals surface area contributed by atoms with Crippen LogP contribution in [0.2, 0.25) is 0 Å². The molecule has 3 heteroatoms. The number of aromatic hydroxyl groups is 1. The summed E-state index contributed by atoms with van der Waals surface area (Å²) in [4.78, 5) is 9.83. The Morgan fingerprint density at radius 3 is 2.92 bits per heavy atom. The number of aldehydes is 1. The van der Waals surface area contributed by atoms with Gasteiger partial charge in [-0.25, -0.2) is 4.39 Å². The number of para-hydroxylation sites is 1. The molecule has 0 fully saturated rings. The van der Waals surface area contributed by atoms with Gasteiger partial charge in [0, 0.05) is 0 Å². The van der Waals surface area contributed by atoms with E-state index in [1.54, 1.807) is 0 Å². The highest BCUT2D eigenvalue weighted by Crippen LogP contribution is 2.18. The van der Waals surface area contributed by atoms with Gasteiger partial charge in [-0.1, -0.05) is 12.0 Å². The smallest absolute Gasteiger partial charge is 0.193 e. The van der Waals surface area contributed by atoms with Gasteiger partial charge in [-0.3, -0.25) is 4.79 Å². The summed E-state index contributed by atoms with van der Waals surface area (Å²) in [6, 6.07) is 3.94. The van der Waals surface area contributed by atoms with Crippen molar-refractivity contribution < 1.29 is 14.3 Å². The van der Waals surface area contributed by atoms with Gasteiger partial charge in [0.2, 0.25) is 0 Å².